The summed E-state index contributed by atoms with van der Waals surface area (Å²) in [6.45, 7) is 3.75. The van der Waals surface area contributed by atoms with Gasteiger partial charge in [0.25, 0.3) is 10.0 Å². The fourth-order valence-corrected chi connectivity index (χ4v) is 8.56. The number of ether oxygens (including phenoxy) is 1. The van der Waals surface area contributed by atoms with Gasteiger partial charge >= 0.3 is 0 Å². The quantitative estimate of drug-likeness (QED) is 0.284. The van der Waals surface area contributed by atoms with Crippen LogP contribution in [0, 0.1) is 5.92 Å². The molecule has 1 atom stereocenters. The van der Waals surface area contributed by atoms with Crippen LogP contribution in [-0.4, -0.2) is 59.6 Å². The number of aromatic nitrogens is 3. The van der Waals surface area contributed by atoms with Gasteiger partial charge in [0, 0.05) is 32.0 Å². The normalized spacial score (nSPS) is 16.8. The number of para-hydroxylation sites is 1. The lowest BCUT2D eigenvalue weighted by atomic mass is 9.98. The third kappa shape index (κ3) is 5.53. The van der Waals surface area contributed by atoms with Crippen molar-refractivity contribution in [2.24, 2.45) is 5.92 Å². The Kier molecular flexibility index (Phi) is 7.82. The number of anilines is 1. The van der Waals surface area contributed by atoms with E-state index in [1.807, 2.05) is 37.4 Å². The van der Waals surface area contributed by atoms with Crippen molar-refractivity contribution in [2.75, 3.05) is 31.1 Å². The molecule has 1 aliphatic heterocycles. The smallest absolute Gasteiger partial charge is 0.252 e. The van der Waals surface area contributed by atoms with E-state index in [0.29, 0.717) is 59.8 Å². The second-order valence-electron chi connectivity index (χ2n) is 8.55. The highest BCUT2D eigenvalue weighted by Gasteiger charge is 2.36. The molecule has 13 heteroatoms. The molecule has 1 aromatic carbocycles. The van der Waals surface area contributed by atoms with Crippen LogP contribution in [-0.2, 0) is 21.4 Å². The molecule has 1 amide bonds. The predicted molar refractivity (Wildman–Crippen MR) is 146 cm³/mol. The lowest BCUT2D eigenvalue weighted by molar-refractivity contribution is -0.123. The van der Waals surface area contributed by atoms with Gasteiger partial charge in [0.05, 0.1) is 28.1 Å². The molecule has 1 aliphatic rings. The van der Waals surface area contributed by atoms with Gasteiger partial charge < -0.3 is 4.74 Å². The maximum atomic E-state index is 14.0. The maximum absolute atomic E-state index is 14.0. The Hall–Kier alpha value is -2.51. The molecule has 5 rings (SSSR count). The van der Waals surface area contributed by atoms with Crippen LogP contribution in [0.2, 0.25) is 4.34 Å². The molecular formula is C24H26ClN5O4S3. The molecule has 3 aromatic heterocycles. The van der Waals surface area contributed by atoms with Gasteiger partial charge in [-0.2, -0.15) is 9.40 Å². The number of halogens is 1. The predicted octanol–water partition coefficient (Wildman–Crippen LogP) is 4.74. The van der Waals surface area contributed by atoms with Crippen LogP contribution in [0.15, 0.2) is 53.0 Å². The average Bonchev–Trinajstić information content (AvgIpc) is 3.66. The lowest BCUT2D eigenvalue weighted by Crippen LogP contribution is -2.47. The second-order valence-corrected chi connectivity index (χ2v) is 13.4. The number of benzene rings is 1. The summed E-state index contributed by atoms with van der Waals surface area (Å²) >= 11 is 8.43. The average molecular weight is 580 g/mol. The minimum Gasteiger partial charge on any atom is -0.492 e. The Morgan fingerprint density at radius 3 is 2.84 bits per heavy atom. The number of carbonyl (C=O) groups is 1. The molecule has 9 nitrogen and oxygen atoms in total. The van der Waals surface area contributed by atoms with Crippen LogP contribution in [0.1, 0.15) is 19.8 Å². The third-order valence-electron chi connectivity index (χ3n) is 6.16. The van der Waals surface area contributed by atoms with E-state index in [2.05, 4.69) is 5.10 Å². The van der Waals surface area contributed by atoms with Gasteiger partial charge in [-0.15, -0.1) is 11.3 Å². The van der Waals surface area contributed by atoms with Crippen molar-refractivity contribution in [3.05, 3.63) is 53.1 Å². The van der Waals surface area contributed by atoms with Crippen LogP contribution in [0.3, 0.4) is 0 Å². The summed E-state index contributed by atoms with van der Waals surface area (Å²) < 4.78 is 36.9. The number of thiophene rings is 1. The molecule has 4 aromatic rings. The van der Waals surface area contributed by atoms with Crippen molar-refractivity contribution < 1.29 is 17.9 Å². The monoisotopic (exact) mass is 579 g/mol. The lowest BCUT2D eigenvalue weighted by Gasteiger charge is -2.33. The first-order valence-corrected chi connectivity index (χ1v) is 15.4. The molecule has 0 N–H and O–H groups in total. The van der Waals surface area contributed by atoms with E-state index in [4.69, 9.17) is 21.3 Å². The Labute approximate surface area is 228 Å². The van der Waals surface area contributed by atoms with Crippen molar-refractivity contribution in [3.63, 3.8) is 0 Å². The number of piperidine rings is 1. The molecule has 1 saturated heterocycles. The second kappa shape index (κ2) is 11.1. The SMILES string of the molecule is CCOc1cccc2sc(N(CCn3cccn3)C(=O)C3CCCN(S(=O)(=O)c4ccc(Cl)s4)C3)nc12. The summed E-state index contributed by atoms with van der Waals surface area (Å²) in [5.74, 6) is 0.0368. The van der Waals surface area contributed by atoms with Crippen molar-refractivity contribution >= 4 is 65.6 Å². The number of rotatable bonds is 9. The molecule has 1 unspecified atom stereocenters. The first kappa shape index (κ1) is 26.1. The topological polar surface area (TPSA) is 97.6 Å². The number of fused-ring (bicyclic) bond motifs is 1. The third-order valence-corrected chi connectivity index (χ3v) is 10.8. The molecule has 196 valence electrons. The summed E-state index contributed by atoms with van der Waals surface area (Å²) in [6.07, 6.45) is 4.73. The zero-order chi connectivity index (χ0) is 26.0. The van der Waals surface area contributed by atoms with E-state index < -0.39 is 15.9 Å². The van der Waals surface area contributed by atoms with Crippen LogP contribution >= 0.6 is 34.3 Å². The zero-order valence-corrected chi connectivity index (χ0v) is 23.3. The summed E-state index contributed by atoms with van der Waals surface area (Å²) in [5.41, 5.74) is 0.712. The highest BCUT2D eigenvalue weighted by molar-refractivity contribution is 7.91. The number of hydrogen-bond acceptors (Lipinski definition) is 8. The van der Waals surface area contributed by atoms with Gasteiger partial charge in [0.2, 0.25) is 5.91 Å². The minimum absolute atomic E-state index is 0.115. The molecule has 0 radical (unpaired) electrons. The number of thiazole rings is 1. The van der Waals surface area contributed by atoms with E-state index >= 15 is 0 Å². The van der Waals surface area contributed by atoms with Crippen molar-refractivity contribution in [3.8, 4) is 5.75 Å². The first-order valence-electron chi connectivity index (χ1n) is 11.9. The Balaban J connectivity index is 1.43. The number of hydrogen-bond donors (Lipinski definition) is 0. The molecule has 0 bridgehead atoms. The van der Waals surface area contributed by atoms with Crippen LogP contribution < -0.4 is 9.64 Å². The first-order chi connectivity index (χ1) is 17.9. The van der Waals surface area contributed by atoms with E-state index in [1.165, 1.54) is 21.7 Å². The summed E-state index contributed by atoms with van der Waals surface area (Å²) in [4.78, 5) is 20.4. The fraction of sp³-hybridized carbons (Fsp3) is 0.375. The Morgan fingerprint density at radius 1 is 1.24 bits per heavy atom. The van der Waals surface area contributed by atoms with E-state index in [9.17, 15) is 13.2 Å². The van der Waals surface area contributed by atoms with E-state index in [-0.39, 0.29) is 16.7 Å². The van der Waals surface area contributed by atoms with Gasteiger partial charge in [0.1, 0.15) is 15.5 Å². The Morgan fingerprint density at radius 2 is 2.11 bits per heavy atom. The number of sulfonamides is 1. The van der Waals surface area contributed by atoms with Gasteiger partial charge in [-0.05, 0) is 50.1 Å². The fourth-order valence-electron chi connectivity index (χ4n) is 4.38. The summed E-state index contributed by atoms with van der Waals surface area (Å²) in [7, 11) is -3.73. The zero-order valence-electron chi connectivity index (χ0n) is 20.1. The largest absolute Gasteiger partial charge is 0.492 e. The van der Waals surface area contributed by atoms with E-state index in [1.54, 1.807) is 21.8 Å². The highest BCUT2D eigenvalue weighted by Crippen LogP contribution is 2.36. The maximum Gasteiger partial charge on any atom is 0.252 e. The van der Waals surface area contributed by atoms with Gasteiger partial charge in [-0.3, -0.25) is 14.4 Å². The molecule has 1 fully saturated rings. The van der Waals surface area contributed by atoms with Crippen molar-refractivity contribution in [1.29, 1.82) is 0 Å². The number of amides is 1. The highest BCUT2D eigenvalue weighted by atomic mass is 35.5. The Bertz CT molecular complexity index is 1490. The molecule has 0 aliphatic carbocycles. The van der Waals surface area contributed by atoms with Gasteiger partial charge in [-0.1, -0.05) is 29.0 Å². The number of carbonyl (C=O) groups excluding carboxylic acids is 1. The minimum atomic E-state index is -3.73. The molecule has 0 spiro atoms. The molecule has 4 heterocycles. The van der Waals surface area contributed by atoms with Crippen molar-refractivity contribution in [2.45, 2.75) is 30.5 Å². The summed E-state index contributed by atoms with van der Waals surface area (Å²) in [6, 6.07) is 10.7. The van der Waals surface area contributed by atoms with Crippen LogP contribution in [0.25, 0.3) is 10.2 Å². The van der Waals surface area contributed by atoms with Gasteiger partial charge in [0.15, 0.2) is 5.13 Å². The van der Waals surface area contributed by atoms with E-state index in [0.717, 1.165) is 16.0 Å². The molecule has 37 heavy (non-hydrogen) atoms. The summed E-state index contributed by atoms with van der Waals surface area (Å²) in [5, 5.41) is 4.82. The van der Waals surface area contributed by atoms with Crippen LogP contribution in [0.4, 0.5) is 5.13 Å². The van der Waals surface area contributed by atoms with Crippen LogP contribution in [0.5, 0.6) is 5.75 Å². The molecule has 0 saturated carbocycles. The van der Waals surface area contributed by atoms with Crippen molar-refractivity contribution in [1.82, 2.24) is 19.1 Å². The standard InChI is InChI=1S/C24H26ClN5O4S3/c1-2-34-18-7-3-8-19-22(18)27-24(35-19)30(15-14-28-12-5-11-26-28)23(31)17-6-4-13-29(16-17)37(32,33)21-10-9-20(25)36-21/h3,5,7-12,17H,2,4,6,13-16H2,1H3. The molecular weight excluding hydrogens is 554 g/mol. The number of nitrogens with zero attached hydrogens (tertiary/aromatic N) is 5. The van der Waals surface area contributed by atoms with Gasteiger partial charge in [-0.25, -0.2) is 13.4 Å².